The predicted molar refractivity (Wildman–Crippen MR) is 42.6 cm³/mol. The van der Waals surface area contributed by atoms with Gasteiger partial charge in [-0.05, 0) is 5.92 Å². The van der Waals surface area contributed by atoms with Gasteiger partial charge in [0.1, 0.15) is 6.04 Å². The van der Waals surface area contributed by atoms with Crippen LogP contribution in [0.2, 0.25) is 0 Å². The lowest BCUT2D eigenvalue weighted by Gasteiger charge is -2.14. The fourth-order valence-corrected chi connectivity index (χ4v) is 0.619. The van der Waals surface area contributed by atoms with Crippen LogP contribution in [-0.2, 0) is 14.6 Å². The van der Waals surface area contributed by atoms with Crippen molar-refractivity contribution < 1.29 is 24.5 Å². The molecule has 0 saturated heterocycles. The van der Waals surface area contributed by atoms with Crippen LogP contribution in [0.3, 0.4) is 0 Å². The average molecular weight is 191 g/mol. The van der Waals surface area contributed by atoms with Gasteiger partial charge in [0.25, 0.3) is 0 Å². The second-order valence-electron chi connectivity index (χ2n) is 2.66. The first-order valence-corrected chi connectivity index (χ1v) is 3.85. The third kappa shape index (κ3) is 4.32. The molecule has 3 N–H and O–H groups in total. The predicted octanol–water partition coefficient (Wildman–Crippen LogP) is 0.513. The first-order valence-electron chi connectivity index (χ1n) is 3.85. The van der Waals surface area contributed by atoms with Crippen molar-refractivity contribution in [2.24, 2.45) is 11.7 Å². The van der Waals surface area contributed by atoms with Crippen LogP contribution in [-0.4, -0.2) is 23.3 Å². The van der Waals surface area contributed by atoms with Crippen molar-refractivity contribution in [3.05, 3.63) is 0 Å². The van der Waals surface area contributed by atoms with Crippen molar-refractivity contribution in [1.82, 2.24) is 0 Å². The Balaban J connectivity index is 3.89. The lowest BCUT2D eigenvalue weighted by molar-refractivity contribution is -0.243. The number of carbonyl (C=O) groups excluding carboxylic acids is 1. The van der Waals surface area contributed by atoms with Crippen LogP contribution in [0.15, 0.2) is 0 Å². The maximum atomic E-state index is 10.9. The van der Waals surface area contributed by atoms with E-state index < -0.39 is 18.2 Å². The van der Waals surface area contributed by atoms with E-state index in [2.05, 4.69) is 9.78 Å². The molecule has 0 rings (SSSR count). The van der Waals surface area contributed by atoms with Gasteiger partial charge in [0.2, 0.25) is 0 Å². The minimum atomic E-state index is -1.68. The molecule has 0 aliphatic rings. The monoisotopic (exact) mass is 191 g/mol. The quantitative estimate of drug-likeness (QED) is 0.498. The first kappa shape index (κ1) is 11.7. The summed E-state index contributed by atoms with van der Waals surface area (Å²) in [6.07, 6.45) is -0.978. The van der Waals surface area contributed by atoms with Crippen molar-refractivity contribution in [2.75, 3.05) is 0 Å². The number of rotatable bonds is 3. The van der Waals surface area contributed by atoms with E-state index in [1.165, 1.54) is 0 Å². The molecule has 2 atom stereocenters. The minimum Gasteiger partial charge on any atom is -0.447 e. The molecule has 6 nitrogen and oxygen atoms in total. The van der Waals surface area contributed by atoms with E-state index in [1.807, 2.05) is 6.92 Å². The number of carboxylic acid groups (broad SMARTS) is 1. The summed E-state index contributed by atoms with van der Waals surface area (Å²) in [6.45, 7) is 3.61. The van der Waals surface area contributed by atoms with Crippen LogP contribution in [0, 0.1) is 5.92 Å². The standard InChI is InChI=1S/C7H13NO5/c1-3-4(2)5(8)6(9)12-13-7(10)11/h4-5H,3,8H2,1-2H3,(H,10,11). The minimum absolute atomic E-state index is 0.0788. The molecular weight excluding hydrogens is 178 g/mol. The normalized spacial score (nSPS) is 14.4. The van der Waals surface area contributed by atoms with Crippen molar-refractivity contribution in [3.63, 3.8) is 0 Å². The fourth-order valence-electron chi connectivity index (χ4n) is 0.619. The summed E-state index contributed by atoms with van der Waals surface area (Å²) in [5, 5.41) is 8.00. The van der Waals surface area contributed by atoms with E-state index in [4.69, 9.17) is 10.8 Å². The van der Waals surface area contributed by atoms with Gasteiger partial charge in [-0.15, -0.1) is 0 Å². The van der Waals surface area contributed by atoms with Gasteiger partial charge in [-0.2, -0.15) is 0 Å². The summed E-state index contributed by atoms with van der Waals surface area (Å²) in [4.78, 5) is 28.3. The van der Waals surface area contributed by atoms with E-state index in [9.17, 15) is 9.59 Å². The molecule has 0 heterocycles. The van der Waals surface area contributed by atoms with Crippen LogP contribution in [0.4, 0.5) is 4.79 Å². The highest BCUT2D eigenvalue weighted by Crippen LogP contribution is 2.06. The molecule has 0 aromatic rings. The van der Waals surface area contributed by atoms with Gasteiger partial charge in [0.05, 0.1) is 0 Å². The molecule has 6 heteroatoms. The van der Waals surface area contributed by atoms with Crippen molar-refractivity contribution in [3.8, 4) is 0 Å². The lowest BCUT2D eigenvalue weighted by atomic mass is 10.0. The highest BCUT2D eigenvalue weighted by atomic mass is 17.2. The molecular formula is C7H13NO5. The van der Waals surface area contributed by atoms with Gasteiger partial charge in [0, 0.05) is 0 Å². The van der Waals surface area contributed by atoms with Gasteiger partial charge in [-0.3, -0.25) is 0 Å². The zero-order valence-electron chi connectivity index (χ0n) is 7.52. The molecule has 0 bridgehead atoms. The molecule has 13 heavy (non-hydrogen) atoms. The van der Waals surface area contributed by atoms with E-state index in [1.54, 1.807) is 6.92 Å². The topological polar surface area (TPSA) is 98.9 Å². The fraction of sp³-hybridized carbons (Fsp3) is 0.714. The smallest absolute Gasteiger partial charge is 0.447 e. The number of nitrogens with two attached hydrogens (primary N) is 1. The third-order valence-electron chi connectivity index (χ3n) is 1.72. The van der Waals surface area contributed by atoms with Gasteiger partial charge in [0.15, 0.2) is 0 Å². The Hall–Kier alpha value is -1.30. The summed E-state index contributed by atoms with van der Waals surface area (Å²) in [6, 6.07) is -0.857. The van der Waals surface area contributed by atoms with Crippen LogP contribution in [0.1, 0.15) is 20.3 Å². The molecule has 0 aromatic heterocycles. The highest BCUT2D eigenvalue weighted by molar-refractivity contribution is 5.75. The SMILES string of the molecule is CCC(C)C(N)C(=O)OOC(=O)O. The maximum Gasteiger partial charge on any atom is 0.547 e. The zero-order valence-corrected chi connectivity index (χ0v) is 7.52. The van der Waals surface area contributed by atoms with Crippen molar-refractivity contribution in [2.45, 2.75) is 26.3 Å². The van der Waals surface area contributed by atoms with Crippen LogP contribution < -0.4 is 5.73 Å². The van der Waals surface area contributed by atoms with Crippen LogP contribution in [0.25, 0.3) is 0 Å². The van der Waals surface area contributed by atoms with Crippen LogP contribution >= 0.6 is 0 Å². The van der Waals surface area contributed by atoms with E-state index >= 15 is 0 Å². The molecule has 0 aromatic carbocycles. The Morgan fingerprint density at radius 2 is 2.00 bits per heavy atom. The molecule has 0 aliphatic carbocycles. The summed E-state index contributed by atoms with van der Waals surface area (Å²) >= 11 is 0. The molecule has 0 spiro atoms. The Morgan fingerprint density at radius 1 is 1.46 bits per heavy atom. The Labute approximate surface area is 75.5 Å². The van der Waals surface area contributed by atoms with Crippen molar-refractivity contribution in [1.29, 1.82) is 0 Å². The summed E-state index contributed by atoms with van der Waals surface area (Å²) < 4.78 is 0. The third-order valence-corrected chi connectivity index (χ3v) is 1.72. The second kappa shape index (κ2) is 5.36. The Kier molecular flexibility index (Phi) is 4.83. The Morgan fingerprint density at radius 3 is 2.38 bits per heavy atom. The number of hydrogen-bond acceptors (Lipinski definition) is 5. The average Bonchev–Trinajstić information content (AvgIpc) is 2.11. The highest BCUT2D eigenvalue weighted by Gasteiger charge is 2.23. The van der Waals surface area contributed by atoms with Crippen LogP contribution in [0.5, 0.6) is 0 Å². The molecule has 0 saturated carbocycles. The van der Waals surface area contributed by atoms with Gasteiger partial charge in [-0.25, -0.2) is 19.4 Å². The van der Waals surface area contributed by atoms with E-state index in [-0.39, 0.29) is 5.92 Å². The largest absolute Gasteiger partial charge is 0.547 e. The molecule has 0 amide bonds. The Bertz CT molecular complexity index is 193. The van der Waals surface area contributed by atoms with E-state index in [0.717, 1.165) is 0 Å². The first-order chi connectivity index (χ1) is 5.99. The molecule has 0 radical (unpaired) electrons. The molecule has 0 fully saturated rings. The van der Waals surface area contributed by atoms with E-state index in [0.29, 0.717) is 6.42 Å². The van der Waals surface area contributed by atoms with Gasteiger partial charge < -0.3 is 10.8 Å². The van der Waals surface area contributed by atoms with Crippen molar-refractivity contribution >= 4 is 12.1 Å². The maximum absolute atomic E-state index is 10.9. The summed E-state index contributed by atoms with van der Waals surface area (Å²) in [7, 11) is 0. The van der Waals surface area contributed by atoms with Gasteiger partial charge >= 0.3 is 12.1 Å². The zero-order chi connectivity index (χ0) is 10.4. The number of carbonyl (C=O) groups is 2. The molecule has 76 valence electrons. The summed E-state index contributed by atoms with van der Waals surface area (Å²) in [5.74, 6) is -0.957. The second-order valence-corrected chi connectivity index (χ2v) is 2.66. The number of hydrogen-bond donors (Lipinski definition) is 2. The molecule has 0 aliphatic heterocycles. The molecule has 2 unspecified atom stereocenters. The summed E-state index contributed by atoms with van der Waals surface area (Å²) in [5.41, 5.74) is 5.41. The van der Waals surface area contributed by atoms with Gasteiger partial charge in [-0.1, -0.05) is 20.3 Å². The lowest BCUT2D eigenvalue weighted by Crippen LogP contribution is -2.38.